The van der Waals surface area contributed by atoms with Crippen molar-refractivity contribution in [1.82, 2.24) is 15.2 Å². The van der Waals surface area contributed by atoms with Crippen LogP contribution in [0.4, 0.5) is 18.9 Å². The molecular weight excluding hydrogens is 682 g/mol. The number of hydrogen-bond acceptors (Lipinski definition) is 6. The molecule has 1 aromatic heterocycles. The van der Waals surface area contributed by atoms with Crippen LogP contribution in [0.25, 0.3) is 10.9 Å². The molecule has 0 bridgehead atoms. The van der Waals surface area contributed by atoms with Crippen LogP contribution in [0.5, 0.6) is 0 Å². The van der Waals surface area contributed by atoms with E-state index in [1.165, 1.54) is 17.4 Å². The zero-order chi connectivity index (χ0) is 36.8. The predicted octanol–water partition coefficient (Wildman–Crippen LogP) is 5.78. The second-order valence-electron chi connectivity index (χ2n) is 14.3. The molecule has 0 spiro atoms. The van der Waals surface area contributed by atoms with Crippen LogP contribution in [0, 0.1) is 0 Å². The molecule has 274 valence electrons. The molecule has 2 atom stereocenters. The van der Waals surface area contributed by atoms with Gasteiger partial charge >= 0.3 is 6.18 Å². The van der Waals surface area contributed by atoms with Gasteiger partial charge in [-0.15, -0.1) is 0 Å². The Morgan fingerprint density at radius 3 is 2.41 bits per heavy atom. The number of aliphatic hydroxyl groups is 1. The summed E-state index contributed by atoms with van der Waals surface area (Å²) in [5.74, 6) is -0.490. The number of nitrogens with one attached hydrogen (secondary N) is 2. The Morgan fingerprint density at radius 1 is 1.04 bits per heavy atom. The maximum Gasteiger partial charge on any atom is 0.416 e. The maximum absolute atomic E-state index is 14.1. The number of hydrogen-bond donors (Lipinski definition) is 3. The average molecular weight is 727 g/mol. The van der Waals surface area contributed by atoms with Crippen LogP contribution in [-0.4, -0.2) is 67.7 Å². The van der Waals surface area contributed by atoms with Gasteiger partial charge in [0.15, 0.2) is 0 Å². The van der Waals surface area contributed by atoms with Crippen LogP contribution in [0.2, 0.25) is 0 Å². The summed E-state index contributed by atoms with van der Waals surface area (Å²) in [5, 5.41) is 18.9. The molecule has 1 saturated heterocycles. The van der Waals surface area contributed by atoms with Crippen LogP contribution in [0.15, 0.2) is 72.9 Å². The van der Waals surface area contributed by atoms with E-state index in [0.717, 1.165) is 34.2 Å². The predicted molar refractivity (Wildman–Crippen MR) is 191 cm³/mol. The third-order valence-electron chi connectivity index (χ3n) is 10.4. The smallest absolute Gasteiger partial charge is 0.390 e. The van der Waals surface area contributed by atoms with Crippen LogP contribution < -0.4 is 14.9 Å². The van der Waals surface area contributed by atoms with Gasteiger partial charge in [0.2, 0.25) is 10.0 Å². The highest BCUT2D eigenvalue weighted by Gasteiger charge is 2.43. The van der Waals surface area contributed by atoms with E-state index in [9.17, 15) is 31.5 Å². The first-order valence-electron chi connectivity index (χ1n) is 17.2. The summed E-state index contributed by atoms with van der Waals surface area (Å²) in [5.41, 5.74) is 2.03. The first-order chi connectivity index (χ1) is 24.1. The number of amides is 1. The van der Waals surface area contributed by atoms with E-state index < -0.39 is 50.1 Å². The van der Waals surface area contributed by atoms with Crippen molar-refractivity contribution in [2.45, 2.75) is 81.6 Å². The van der Waals surface area contributed by atoms with Crippen molar-refractivity contribution in [1.29, 1.82) is 0 Å². The minimum atomic E-state index is -4.51. The van der Waals surface area contributed by atoms with E-state index in [2.05, 4.69) is 10.6 Å². The second-order valence-corrected chi connectivity index (χ2v) is 16.9. The number of halogens is 3. The van der Waals surface area contributed by atoms with Gasteiger partial charge in [0.05, 0.1) is 28.9 Å². The molecule has 2 aliphatic heterocycles. The molecule has 4 aromatic rings. The number of sulfonamides is 1. The van der Waals surface area contributed by atoms with Crippen LogP contribution in [0.3, 0.4) is 0 Å². The van der Waals surface area contributed by atoms with E-state index >= 15 is 0 Å². The van der Waals surface area contributed by atoms with Crippen LogP contribution in [0.1, 0.15) is 66.2 Å². The van der Waals surface area contributed by atoms with Crippen molar-refractivity contribution in [3.63, 3.8) is 0 Å². The zero-order valence-corrected chi connectivity index (χ0v) is 30.1. The fraction of sp³-hybridized carbons (Fsp3) is 0.447. The molecule has 0 radical (unpaired) electrons. The summed E-state index contributed by atoms with van der Waals surface area (Å²) in [6.07, 6.45) is -1.98. The highest BCUT2D eigenvalue weighted by molar-refractivity contribution is 7.94. The number of alkyl halides is 3. The molecule has 51 heavy (non-hydrogen) atoms. The number of anilines is 1. The molecule has 0 unspecified atom stereocenters. The summed E-state index contributed by atoms with van der Waals surface area (Å²) >= 11 is 0. The Labute approximate surface area is 296 Å². The van der Waals surface area contributed by atoms with Crippen molar-refractivity contribution < 1.29 is 36.2 Å². The second kappa shape index (κ2) is 13.9. The van der Waals surface area contributed by atoms with E-state index in [-0.39, 0.29) is 25.1 Å². The fourth-order valence-corrected chi connectivity index (χ4v) is 8.83. The highest BCUT2D eigenvalue weighted by atomic mass is 32.2. The van der Waals surface area contributed by atoms with Crippen molar-refractivity contribution in [3.8, 4) is 0 Å². The van der Waals surface area contributed by atoms with Crippen molar-refractivity contribution >= 4 is 32.5 Å². The summed E-state index contributed by atoms with van der Waals surface area (Å²) in [6, 6.07) is 17.1. The Morgan fingerprint density at radius 2 is 1.75 bits per heavy atom. The van der Waals surface area contributed by atoms with Gasteiger partial charge in [-0.25, -0.2) is 8.42 Å². The summed E-state index contributed by atoms with van der Waals surface area (Å²) in [4.78, 5) is 14.1. The maximum atomic E-state index is 14.1. The van der Waals surface area contributed by atoms with Gasteiger partial charge in [-0.3, -0.25) is 9.10 Å². The van der Waals surface area contributed by atoms with Gasteiger partial charge in [-0.2, -0.15) is 13.2 Å². The molecule has 1 amide bonds. The minimum Gasteiger partial charge on any atom is -0.390 e. The lowest BCUT2D eigenvalue weighted by atomic mass is 9.81. The molecular formula is C38H45F3N4O5S. The van der Waals surface area contributed by atoms with Crippen molar-refractivity contribution in [2.75, 3.05) is 31.1 Å². The third kappa shape index (κ3) is 7.13. The Balaban J connectivity index is 1.32. The molecule has 9 nitrogen and oxygen atoms in total. The number of carbonyl (C=O) groups is 1. The first kappa shape index (κ1) is 36.9. The zero-order valence-electron chi connectivity index (χ0n) is 29.3. The molecule has 0 aliphatic carbocycles. The third-order valence-corrected chi connectivity index (χ3v) is 12.9. The van der Waals surface area contributed by atoms with Gasteiger partial charge < -0.3 is 25.0 Å². The van der Waals surface area contributed by atoms with Crippen LogP contribution in [-0.2, 0) is 45.9 Å². The number of aryl methyl sites for hydroxylation is 1. The van der Waals surface area contributed by atoms with E-state index in [1.807, 2.05) is 48.0 Å². The normalized spacial score (nSPS) is 19.3. The van der Waals surface area contributed by atoms with Crippen molar-refractivity contribution in [2.24, 2.45) is 0 Å². The number of ether oxygens (including phenoxy) is 1. The van der Waals surface area contributed by atoms with Gasteiger partial charge in [0.1, 0.15) is 4.75 Å². The Kier molecular flexibility index (Phi) is 10.1. The molecule has 3 aromatic carbocycles. The van der Waals surface area contributed by atoms with E-state index in [1.54, 1.807) is 32.0 Å². The first-order valence-corrected chi connectivity index (χ1v) is 18.7. The lowest BCUT2D eigenvalue weighted by molar-refractivity contribution is -0.137. The number of aliphatic hydroxyl groups excluding tert-OH is 1. The standard InChI is InChI=1S/C38H45F3N4O5S/c1-5-26-23-45-24-36(2,3)51(48,49)44(4)32-20-27(19-30(26)34(32)45)35(47)43-31(18-25-10-7-6-8-11-25)33(46)22-42-37(14-16-50-17-15-37)28-12-9-13-29(21-28)38(39,40)41/h6-13,19-21,23,31,33,42,46H,5,14-18,22,24H2,1-4H3,(H,43,47)/t31-,33+/m0/s1. The number of benzene rings is 3. The monoisotopic (exact) mass is 726 g/mol. The highest BCUT2D eigenvalue weighted by Crippen LogP contribution is 2.40. The minimum absolute atomic E-state index is 0.0305. The molecule has 13 heteroatoms. The van der Waals surface area contributed by atoms with Gasteiger partial charge in [0, 0.05) is 56.0 Å². The number of nitrogens with zero attached hydrogens (tertiary/aromatic N) is 2. The lowest BCUT2D eigenvalue weighted by Gasteiger charge is -2.40. The topological polar surface area (TPSA) is 113 Å². The molecule has 3 heterocycles. The Bertz CT molecular complexity index is 2010. The number of carbonyl (C=O) groups excluding carboxylic acids is 1. The molecule has 1 fully saturated rings. The van der Waals surface area contributed by atoms with E-state index in [0.29, 0.717) is 43.7 Å². The Hall–Kier alpha value is -3.91. The molecule has 2 aliphatic rings. The summed E-state index contributed by atoms with van der Waals surface area (Å²) < 4.78 is 76.1. The average Bonchev–Trinajstić information content (AvgIpc) is 3.44. The number of rotatable bonds is 10. The molecule has 3 N–H and O–H groups in total. The van der Waals surface area contributed by atoms with E-state index in [4.69, 9.17) is 4.74 Å². The number of aromatic nitrogens is 1. The molecule has 6 rings (SSSR count). The van der Waals surface area contributed by atoms with Gasteiger partial charge in [-0.1, -0.05) is 49.4 Å². The van der Waals surface area contributed by atoms with Gasteiger partial charge in [-0.05, 0) is 80.5 Å². The SMILES string of the molecule is CCc1cn2c3c(cc(C(=O)N[C@@H](Cc4ccccc4)[C@H](O)CNC4(c5cccc(C(F)(F)F)c5)CCOCC4)cc13)N(C)S(=O)(=O)C(C)(C)C2. The largest absolute Gasteiger partial charge is 0.416 e. The summed E-state index contributed by atoms with van der Waals surface area (Å²) in [7, 11) is -2.29. The molecule has 0 saturated carbocycles. The fourth-order valence-electron chi connectivity index (χ4n) is 7.38. The quantitative estimate of drug-likeness (QED) is 0.191. The summed E-state index contributed by atoms with van der Waals surface area (Å²) in [6.45, 7) is 6.27. The van der Waals surface area contributed by atoms with Crippen molar-refractivity contribution in [3.05, 3.63) is 101 Å². The van der Waals surface area contributed by atoms with Gasteiger partial charge in [0.25, 0.3) is 5.91 Å². The van der Waals surface area contributed by atoms with Crippen LogP contribution >= 0.6 is 0 Å². The lowest BCUT2D eigenvalue weighted by Crippen LogP contribution is -2.54.